The van der Waals surface area contributed by atoms with Crippen molar-refractivity contribution in [3.8, 4) is 0 Å². The summed E-state index contributed by atoms with van der Waals surface area (Å²) in [6, 6.07) is 6.48. The highest BCUT2D eigenvalue weighted by atomic mass is 32.1. The van der Waals surface area contributed by atoms with Crippen LogP contribution in [-0.2, 0) is 0 Å². The third kappa shape index (κ3) is 3.04. The SMILES string of the molecule is Cc1sc2ncnc(N/N=C\c3ccc(C(=O)O)cc3)c2c1C. The van der Waals surface area contributed by atoms with Gasteiger partial charge in [-0.1, -0.05) is 12.1 Å². The molecule has 3 rings (SSSR count). The van der Waals surface area contributed by atoms with Gasteiger partial charge in [0.05, 0.1) is 17.2 Å². The van der Waals surface area contributed by atoms with Gasteiger partial charge in [-0.15, -0.1) is 11.3 Å². The van der Waals surface area contributed by atoms with E-state index in [0.717, 1.165) is 21.3 Å². The molecule has 0 aliphatic carbocycles. The van der Waals surface area contributed by atoms with Gasteiger partial charge in [0.1, 0.15) is 11.2 Å². The van der Waals surface area contributed by atoms with E-state index in [4.69, 9.17) is 5.11 Å². The highest BCUT2D eigenvalue weighted by Gasteiger charge is 2.11. The first kappa shape index (κ1) is 15.1. The normalized spacial score (nSPS) is 11.2. The molecule has 7 heteroatoms. The number of fused-ring (bicyclic) bond motifs is 1. The fourth-order valence-electron chi connectivity index (χ4n) is 2.15. The van der Waals surface area contributed by atoms with Crippen molar-refractivity contribution < 1.29 is 9.90 Å². The molecule has 0 bridgehead atoms. The number of hydrogen-bond donors (Lipinski definition) is 2. The number of anilines is 1. The van der Waals surface area contributed by atoms with Gasteiger partial charge in [0.15, 0.2) is 5.82 Å². The van der Waals surface area contributed by atoms with E-state index in [1.165, 1.54) is 11.2 Å². The standard InChI is InChI=1S/C16H14N4O2S/c1-9-10(2)23-15-13(9)14(17-8-18-15)20-19-7-11-3-5-12(6-4-11)16(21)22/h3-8H,1-2H3,(H,21,22)(H,17,18,20)/b19-7-. The van der Waals surface area contributed by atoms with Crippen LogP contribution in [0.4, 0.5) is 5.82 Å². The van der Waals surface area contributed by atoms with Gasteiger partial charge in [0.2, 0.25) is 0 Å². The molecule has 0 radical (unpaired) electrons. The Morgan fingerprint density at radius 3 is 2.70 bits per heavy atom. The minimum atomic E-state index is -0.946. The molecule has 0 spiro atoms. The van der Waals surface area contributed by atoms with Crippen LogP contribution in [0.3, 0.4) is 0 Å². The average molecular weight is 326 g/mol. The molecule has 0 fully saturated rings. The number of carboxylic acids is 1. The van der Waals surface area contributed by atoms with Crippen LogP contribution in [0.2, 0.25) is 0 Å². The summed E-state index contributed by atoms with van der Waals surface area (Å²) in [6.07, 6.45) is 3.13. The minimum Gasteiger partial charge on any atom is -0.478 e. The van der Waals surface area contributed by atoms with E-state index >= 15 is 0 Å². The average Bonchev–Trinajstić information content (AvgIpc) is 2.83. The van der Waals surface area contributed by atoms with Crippen molar-refractivity contribution in [2.45, 2.75) is 13.8 Å². The number of benzene rings is 1. The summed E-state index contributed by atoms with van der Waals surface area (Å²) in [5.41, 5.74) is 5.13. The maximum absolute atomic E-state index is 10.8. The van der Waals surface area contributed by atoms with Crippen LogP contribution >= 0.6 is 11.3 Å². The number of hydrazone groups is 1. The Morgan fingerprint density at radius 1 is 1.26 bits per heavy atom. The Balaban J connectivity index is 1.81. The van der Waals surface area contributed by atoms with Crippen LogP contribution in [0.15, 0.2) is 35.7 Å². The molecule has 6 nitrogen and oxygen atoms in total. The quantitative estimate of drug-likeness (QED) is 0.566. The number of thiophene rings is 1. The molecule has 0 saturated carbocycles. The number of nitrogens with zero attached hydrogens (tertiary/aromatic N) is 3. The summed E-state index contributed by atoms with van der Waals surface area (Å²) in [4.78, 5) is 21.5. The lowest BCUT2D eigenvalue weighted by atomic mass is 10.1. The van der Waals surface area contributed by atoms with Gasteiger partial charge in [-0.05, 0) is 37.1 Å². The molecular weight excluding hydrogens is 312 g/mol. The largest absolute Gasteiger partial charge is 0.478 e. The summed E-state index contributed by atoms with van der Waals surface area (Å²) >= 11 is 1.63. The van der Waals surface area contributed by atoms with Crippen LogP contribution < -0.4 is 5.43 Å². The third-order valence-electron chi connectivity index (χ3n) is 3.51. The van der Waals surface area contributed by atoms with Gasteiger partial charge < -0.3 is 5.11 Å². The van der Waals surface area contributed by atoms with Crippen LogP contribution in [0.1, 0.15) is 26.4 Å². The van der Waals surface area contributed by atoms with Gasteiger partial charge in [-0.2, -0.15) is 5.10 Å². The van der Waals surface area contributed by atoms with E-state index in [1.807, 2.05) is 6.92 Å². The maximum atomic E-state index is 10.8. The van der Waals surface area contributed by atoms with Crippen molar-refractivity contribution in [3.63, 3.8) is 0 Å². The molecule has 0 aliphatic heterocycles. The Labute approximate surface area is 136 Å². The zero-order valence-corrected chi connectivity index (χ0v) is 13.4. The molecule has 3 aromatic rings. The second kappa shape index (κ2) is 6.13. The van der Waals surface area contributed by atoms with Gasteiger partial charge >= 0.3 is 5.97 Å². The molecular formula is C16H14N4O2S. The van der Waals surface area contributed by atoms with E-state index in [2.05, 4.69) is 27.4 Å². The Hall–Kier alpha value is -2.80. The van der Waals surface area contributed by atoms with Crippen molar-refractivity contribution in [2.24, 2.45) is 5.10 Å². The minimum absolute atomic E-state index is 0.247. The second-order valence-electron chi connectivity index (χ2n) is 4.98. The Kier molecular flexibility index (Phi) is 4.03. The van der Waals surface area contributed by atoms with Gasteiger partial charge in [-0.25, -0.2) is 14.8 Å². The lowest BCUT2D eigenvalue weighted by Crippen LogP contribution is -1.97. The highest BCUT2D eigenvalue weighted by molar-refractivity contribution is 7.18. The highest BCUT2D eigenvalue weighted by Crippen LogP contribution is 2.32. The van der Waals surface area contributed by atoms with Crippen LogP contribution in [-0.4, -0.2) is 27.3 Å². The van der Waals surface area contributed by atoms with E-state index in [1.54, 1.807) is 41.8 Å². The number of aromatic carboxylic acids is 1. The summed E-state index contributed by atoms with van der Waals surface area (Å²) in [5.74, 6) is -0.284. The van der Waals surface area contributed by atoms with Crippen molar-refractivity contribution in [3.05, 3.63) is 52.2 Å². The van der Waals surface area contributed by atoms with E-state index < -0.39 is 5.97 Å². The smallest absolute Gasteiger partial charge is 0.335 e. The van der Waals surface area contributed by atoms with Gasteiger partial charge in [0.25, 0.3) is 0 Å². The van der Waals surface area contributed by atoms with E-state index in [9.17, 15) is 4.79 Å². The topological polar surface area (TPSA) is 87.5 Å². The van der Waals surface area contributed by atoms with E-state index in [-0.39, 0.29) is 5.56 Å². The number of carbonyl (C=O) groups is 1. The number of aryl methyl sites for hydroxylation is 2. The second-order valence-corrected chi connectivity index (χ2v) is 6.19. The molecule has 0 atom stereocenters. The monoisotopic (exact) mass is 326 g/mol. The zero-order valence-electron chi connectivity index (χ0n) is 12.6. The number of nitrogens with one attached hydrogen (secondary N) is 1. The van der Waals surface area contributed by atoms with Gasteiger partial charge in [-0.3, -0.25) is 5.43 Å². The summed E-state index contributed by atoms with van der Waals surface area (Å²) in [6.45, 7) is 4.09. The molecule has 1 aromatic carbocycles. The molecule has 2 aromatic heterocycles. The molecule has 2 N–H and O–H groups in total. The number of carboxylic acid groups (broad SMARTS) is 1. The number of aromatic nitrogens is 2. The predicted molar refractivity (Wildman–Crippen MR) is 91.5 cm³/mol. The zero-order chi connectivity index (χ0) is 16.4. The fraction of sp³-hybridized carbons (Fsp3) is 0.125. The lowest BCUT2D eigenvalue weighted by molar-refractivity contribution is 0.0697. The fourth-order valence-corrected chi connectivity index (χ4v) is 3.14. The van der Waals surface area contributed by atoms with Crippen molar-refractivity contribution in [1.82, 2.24) is 9.97 Å². The first-order chi connectivity index (χ1) is 11.1. The van der Waals surface area contributed by atoms with Crippen LogP contribution in [0, 0.1) is 13.8 Å². The van der Waals surface area contributed by atoms with Crippen LogP contribution in [0.25, 0.3) is 10.2 Å². The Morgan fingerprint density at radius 2 is 2.00 bits per heavy atom. The van der Waals surface area contributed by atoms with Crippen molar-refractivity contribution in [1.29, 1.82) is 0 Å². The maximum Gasteiger partial charge on any atom is 0.335 e. The van der Waals surface area contributed by atoms with Crippen molar-refractivity contribution in [2.75, 3.05) is 5.43 Å². The van der Waals surface area contributed by atoms with E-state index in [0.29, 0.717) is 5.82 Å². The molecule has 23 heavy (non-hydrogen) atoms. The van der Waals surface area contributed by atoms with Crippen LogP contribution in [0.5, 0.6) is 0 Å². The summed E-state index contributed by atoms with van der Waals surface area (Å²) in [7, 11) is 0. The Bertz CT molecular complexity index is 900. The molecule has 0 amide bonds. The summed E-state index contributed by atoms with van der Waals surface area (Å²) < 4.78 is 0. The predicted octanol–water partition coefficient (Wildman–Crippen LogP) is 3.45. The number of rotatable bonds is 4. The lowest BCUT2D eigenvalue weighted by Gasteiger charge is -2.02. The first-order valence-electron chi connectivity index (χ1n) is 6.89. The molecule has 116 valence electrons. The molecule has 0 unspecified atom stereocenters. The molecule has 2 heterocycles. The first-order valence-corrected chi connectivity index (χ1v) is 7.71. The van der Waals surface area contributed by atoms with Crippen molar-refractivity contribution >= 4 is 39.6 Å². The summed E-state index contributed by atoms with van der Waals surface area (Å²) in [5, 5.41) is 14.0. The number of hydrogen-bond acceptors (Lipinski definition) is 6. The van der Waals surface area contributed by atoms with Gasteiger partial charge in [0, 0.05) is 4.88 Å². The molecule has 0 saturated heterocycles. The molecule has 0 aliphatic rings. The third-order valence-corrected chi connectivity index (χ3v) is 4.62.